The van der Waals surface area contributed by atoms with Crippen LogP contribution in [-0.2, 0) is 6.98 Å². The van der Waals surface area contributed by atoms with E-state index in [9.17, 15) is 0 Å². The summed E-state index contributed by atoms with van der Waals surface area (Å²) in [4.78, 5) is 7.77. The van der Waals surface area contributed by atoms with Crippen molar-refractivity contribution < 1.29 is 4.11 Å². The summed E-state index contributed by atoms with van der Waals surface area (Å²) < 4.78 is 22.3. The van der Waals surface area contributed by atoms with E-state index in [1.54, 1.807) is 24.5 Å². The average Bonchev–Trinajstić information content (AvgIpc) is 2.67. The van der Waals surface area contributed by atoms with Crippen LogP contribution in [0.4, 0.5) is 0 Å². The standard InChI is InChI=1S/C8H8N4/c1-12-6-10-8(11-12)7-2-4-9-5-3-7/h2-6H,1H3/i1D3. The summed E-state index contributed by atoms with van der Waals surface area (Å²) in [5, 5.41) is 3.87. The first-order valence-corrected chi connectivity index (χ1v) is 3.40. The number of nitrogens with zero attached hydrogens (tertiary/aromatic N) is 4. The zero-order valence-electron chi connectivity index (χ0n) is 9.18. The Bertz CT molecular complexity index is 448. The molecule has 0 saturated carbocycles. The third-order valence-electron chi connectivity index (χ3n) is 1.43. The molecule has 0 aliphatic heterocycles. The molecule has 0 saturated heterocycles. The van der Waals surface area contributed by atoms with E-state index in [-0.39, 0.29) is 0 Å². The third-order valence-corrected chi connectivity index (χ3v) is 1.43. The number of hydrogen-bond acceptors (Lipinski definition) is 3. The van der Waals surface area contributed by atoms with E-state index in [0.717, 1.165) is 10.2 Å². The lowest BCUT2D eigenvalue weighted by molar-refractivity contribution is 0.768. The summed E-state index contributed by atoms with van der Waals surface area (Å²) in [6, 6.07) is 3.44. The summed E-state index contributed by atoms with van der Waals surface area (Å²) in [6.07, 6.45) is 4.40. The first-order chi connectivity index (χ1) is 7.07. The molecule has 0 unspecified atom stereocenters. The summed E-state index contributed by atoms with van der Waals surface area (Å²) in [7, 11) is 0. The fourth-order valence-corrected chi connectivity index (χ4v) is 0.896. The molecule has 0 aromatic carbocycles. The van der Waals surface area contributed by atoms with E-state index in [2.05, 4.69) is 15.1 Å². The first-order valence-electron chi connectivity index (χ1n) is 4.90. The minimum absolute atomic E-state index is 0.383. The number of aromatic nitrogens is 4. The van der Waals surface area contributed by atoms with Gasteiger partial charge in [0, 0.05) is 29.0 Å². The lowest BCUT2D eigenvalue weighted by Gasteiger charge is -1.91. The fourth-order valence-electron chi connectivity index (χ4n) is 0.896. The van der Waals surface area contributed by atoms with Crippen molar-refractivity contribution in [3.05, 3.63) is 30.9 Å². The van der Waals surface area contributed by atoms with Crippen LogP contribution in [0.3, 0.4) is 0 Å². The van der Waals surface area contributed by atoms with Crippen molar-refractivity contribution in [2.75, 3.05) is 0 Å². The monoisotopic (exact) mass is 163 g/mol. The Kier molecular flexibility index (Phi) is 0.990. The van der Waals surface area contributed by atoms with E-state index < -0.39 is 6.98 Å². The van der Waals surface area contributed by atoms with Gasteiger partial charge in [0.2, 0.25) is 0 Å². The molecular weight excluding hydrogens is 152 g/mol. The van der Waals surface area contributed by atoms with E-state index in [0.29, 0.717) is 5.82 Å². The molecule has 12 heavy (non-hydrogen) atoms. The van der Waals surface area contributed by atoms with E-state index >= 15 is 0 Å². The minimum Gasteiger partial charge on any atom is -0.265 e. The predicted molar refractivity (Wildman–Crippen MR) is 44.2 cm³/mol. The molecule has 0 bridgehead atoms. The van der Waals surface area contributed by atoms with Crippen LogP contribution in [-0.4, -0.2) is 19.7 Å². The van der Waals surface area contributed by atoms with Crippen molar-refractivity contribution in [2.24, 2.45) is 6.98 Å². The van der Waals surface area contributed by atoms with Gasteiger partial charge in [-0.25, -0.2) is 4.98 Å². The Labute approximate surface area is 74.1 Å². The van der Waals surface area contributed by atoms with Crippen LogP contribution in [0.25, 0.3) is 11.4 Å². The minimum atomic E-state index is -2.28. The second-order valence-electron chi connectivity index (χ2n) is 2.25. The molecule has 4 heteroatoms. The van der Waals surface area contributed by atoms with Gasteiger partial charge in [0.05, 0.1) is 0 Å². The number of pyridine rings is 1. The van der Waals surface area contributed by atoms with Crippen LogP contribution in [0.1, 0.15) is 4.11 Å². The van der Waals surface area contributed by atoms with Crippen molar-refractivity contribution in [1.82, 2.24) is 19.7 Å². The van der Waals surface area contributed by atoms with E-state index in [1.807, 2.05) is 0 Å². The number of rotatable bonds is 1. The molecule has 0 aliphatic rings. The van der Waals surface area contributed by atoms with Crippen LogP contribution in [0.15, 0.2) is 30.9 Å². The summed E-state index contributed by atoms with van der Waals surface area (Å²) in [5.41, 5.74) is 0.744. The van der Waals surface area contributed by atoms with Crippen molar-refractivity contribution in [3.63, 3.8) is 0 Å². The molecular formula is C8H8N4. The molecule has 0 aliphatic carbocycles. The zero-order chi connectivity index (χ0) is 10.9. The van der Waals surface area contributed by atoms with Gasteiger partial charge in [-0.3, -0.25) is 9.67 Å². The Hall–Kier alpha value is -1.71. The fraction of sp³-hybridized carbons (Fsp3) is 0.125. The third kappa shape index (κ3) is 1.18. The van der Waals surface area contributed by atoms with Crippen LogP contribution in [0.5, 0.6) is 0 Å². The zero-order valence-corrected chi connectivity index (χ0v) is 6.18. The molecule has 0 fully saturated rings. The van der Waals surface area contributed by atoms with Crippen LogP contribution in [0.2, 0.25) is 0 Å². The predicted octanol–water partition coefficient (Wildman–Crippen LogP) is 0.877. The first kappa shape index (κ1) is 4.35. The van der Waals surface area contributed by atoms with Crippen LogP contribution in [0, 0.1) is 0 Å². The maximum absolute atomic E-state index is 7.13. The van der Waals surface area contributed by atoms with Gasteiger partial charge < -0.3 is 0 Å². The van der Waals surface area contributed by atoms with Crippen LogP contribution < -0.4 is 0 Å². The molecule has 2 aromatic rings. The van der Waals surface area contributed by atoms with E-state index in [4.69, 9.17) is 4.11 Å². The molecule has 0 amide bonds. The van der Waals surface area contributed by atoms with Gasteiger partial charge in [-0.1, -0.05) is 0 Å². The SMILES string of the molecule is [2H]C([2H])([2H])n1cnc(-c2ccncc2)n1. The molecule has 2 rings (SSSR count). The lowest BCUT2D eigenvalue weighted by Crippen LogP contribution is -1.87. The van der Waals surface area contributed by atoms with Crippen molar-refractivity contribution >= 4 is 0 Å². The molecule has 60 valence electrons. The molecule has 2 aromatic heterocycles. The molecule has 0 spiro atoms. The smallest absolute Gasteiger partial charge is 0.181 e. The van der Waals surface area contributed by atoms with Crippen molar-refractivity contribution in [3.8, 4) is 11.4 Å². The quantitative estimate of drug-likeness (QED) is 0.626. The second-order valence-corrected chi connectivity index (χ2v) is 2.25. The maximum Gasteiger partial charge on any atom is 0.181 e. The second kappa shape index (κ2) is 2.73. The van der Waals surface area contributed by atoms with Crippen molar-refractivity contribution in [1.29, 1.82) is 0 Å². The highest BCUT2D eigenvalue weighted by atomic mass is 15.3. The number of aryl methyl sites for hydroxylation is 1. The van der Waals surface area contributed by atoms with Gasteiger partial charge in [-0.05, 0) is 12.1 Å². The molecule has 0 radical (unpaired) electrons. The Morgan fingerprint density at radius 2 is 2.25 bits per heavy atom. The highest BCUT2D eigenvalue weighted by molar-refractivity contribution is 5.52. The lowest BCUT2D eigenvalue weighted by atomic mass is 10.3. The largest absolute Gasteiger partial charge is 0.265 e. The number of hydrogen-bond donors (Lipinski definition) is 0. The Morgan fingerprint density at radius 1 is 1.42 bits per heavy atom. The Morgan fingerprint density at radius 3 is 2.92 bits per heavy atom. The maximum atomic E-state index is 7.13. The van der Waals surface area contributed by atoms with Gasteiger partial charge in [0.25, 0.3) is 0 Å². The normalized spacial score (nSPS) is 14.8. The summed E-state index contributed by atoms with van der Waals surface area (Å²) in [5.74, 6) is 0.383. The van der Waals surface area contributed by atoms with Gasteiger partial charge in [-0.2, -0.15) is 5.10 Å². The Balaban J connectivity index is 2.37. The van der Waals surface area contributed by atoms with Gasteiger partial charge >= 0.3 is 0 Å². The molecule has 0 N–H and O–H groups in total. The van der Waals surface area contributed by atoms with Crippen molar-refractivity contribution in [2.45, 2.75) is 0 Å². The molecule has 2 heterocycles. The highest BCUT2D eigenvalue weighted by Crippen LogP contribution is 2.10. The van der Waals surface area contributed by atoms with Gasteiger partial charge in [0.1, 0.15) is 6.33 Å². The molecule has 4 nitrogen and oxygen atoms in total. The topological polar surface area (TPSA) is 43.6 Å². The summed E-state index contributed by atoms with van der Waals surface area (Å²) >= 11 is 0. The van der Waals surface area contributed by atoms with Crippen LogP contribution >= 0.6 is 0 Å². The average molecular weight is 163 g/mol. The highest BCUT2D eigenvalue weighted by Gasteiger charge is 1.99. The summed E-state index contributed by atoms with van der Waals surface area (Å²) in [6.45, 7) is -2.28. The molecule has 0 atom stereocenters. The van der Waals surface area contributed by atoms with E-state index in [1.165, 1.54) is 6.33 Å². The van der Waals surface area contributed by atoms with Gasteiger partial charge in [0.15, 0.2) is 5.82 Å². The van der Waals surface area contributed by atoms with Gasteiger partial charge in [-0.15, -0.1) is 0 Å².